The summed E-state index contributed by atoms with van der Waals surface area (Å²) in [6.45, 7) is 5.21. The van der Waals surface area contributed by atoms with Gasteiger partial charge < -0.3 is 9.72 Å². The number of hydrogen-bond acceptors (Lipinski definition) is 6. The Balaban J connectivity index is 2.00. The van der Waals surface area contributed by atoms with Crippen LogP contribution in [0.5, 0.6) is 0 Å². The zero-order chi connectivity index (χ0) is 15.8. The van der Waals surface area contributed by atoms with Gasteiger partial charge in [-0.15, -0.1) is 0 Å². The number of rotatable bonds is 8. The SMILES string of the molecule is CCCCN(CSc1ncnc2nc[nH]c12)C(=O)OCCC. The molecule has 0 aliphatic rings. The van der Waals surface area contributed by atoms with E-state index < -0.39 is 0 Å². The van der Waals surface area contributed by atoms with E-state index >= 15 is 0 Å². The molecule has 0 aliphatic heterocycles. The zero-order valence-corrected chi connectivity index (χ0v) is 13.7. The summed E-state index contributed by atoms with van der Waals surface area (Å²) in [5.74, 6) is 0.494. The molecule has 8 heteroatoms. The zero-order valence-electron chi connectivity index (χ0n) is 12.9. The number of imidazole rings is 1. The minimum absolute atomic E-state index is 0.266. The third kappa shape index (κ3) is 4.33. The van der Waals surface area contributed by atoms with Crippen LogP contribution in [-0.2, 0) is 4.74 Å². The lowest BCUT2D eigenvalue weighted by Crippen LogP contribution is -2.32. The molecule has 0 bridgehead atoms. The van der Waals surface area contributed by atoms with Crippen molar-refractivity contribution in [3.63, 3.8) is 0 Å². The first-order valence-corrected chi connectivity index (χ1v) is 8.43. The van der Waals surface area contributed by atoms with E-state index in [1.807, 2.05) is 6.92 Å². The van der Waals surface area contributed by atoms with Gasteiger partial charge in [-0.1, -0.05) is 32.0 Å². The van der Waals surface area contributed by atoms with Crippen LogP contribution in [0.1, 0.15) is 33.1 Å². The van der Waals surface area contributed by atoms with Crippen LogP contribution in [0.15, 0.2) is 17.7 Å². The number of carbonyl (C=O) groups excluding carboxylic acids is 1. The van der Waals surface area contributed by atoms with Gasteiger partial charge in [0.05, 0.1) is 18.8 Å². The van der Waals surface area contributed by atoms with E-state index in [4.69, 9.17) is 4.74 Å². The number of aromatic amines is 1. The Kier molecular flexibility index (Phi) is 6.45. The largest absolute Gasteiger partial charge is 0.449 e. The number of nitrogens with zero attached hydrogens (tertiary/aromatic N) is 4. The van der Waals surface area contributed by atoms with Gasteiger partial charge in [-0.25, -0.2) is 19.7 Å². The molecule has 120 valence electrons. The first-order chi connectivity index (χ1) is 10.8. The topological polar surface area (TPSA) is 84.0 Å². The van der Waals surface area contributed by atoms with Gasteiger partial charge in [-0.2, -0.15) is 0 Å². The standard InChI is InChI=1S/C14H21N5O2S/c1-3-5-6-19(14(20)21-7-4-2)10-22-13-11-12(16-8-15-11)17-9-18-13/h8-9H,3-7,10H2,1-2H3,(H,15,16,17,18). The monoisotopic (exact) mass is 323 g/mol. The second-order valence-corrected chi connectivity index (χ2v) is 5.72. The maximum Gasteiger partial charge on any atom is 0.410 e. The molecule has 2 rings (SSSR count). The fourth-order valence-electron chi connectivity index (χ4n) is 1.83. The van der Waals surface area contributed by atoms with Gasteiger partial charge in [0.25, 0.3) is 0 Å². The summed E-state index contributed by atoms with van der Waals surface area (Å²) < 4.78 is 5.23. The molecule has 0 saturated heterocycles. The van der Waals surface area contributed by atoms with Crippen LogP contribution in [0.4, 0.5) is 4.79 Å². The molecule has 22 heavy (non-hydrogen) atoms. The smallest absolute Gasteiger partial charge is 0.410 e. The summed E-state index contributed by atoms with van der Waals surface area (Å²) in [4.78, 5) is 29.3. The van der Waals surface area contributed by atoms with Gasteiger partial charge in [0.1, 0.15) is 16.9 Å². The van der Waals surface area contributed by atoms with Crippen LogP contribution in [-0.4, -0.2) is 50.0 Å². The van der Waals surface area contributed by atoms with Crippen LogP contribution in [0.2, 0.25) is 0 Å². The van der Waals surface area contributed by atoms with E-state index in [-0.39, 0.29) is 6.09 Å². The quantitative estimate of drug-likeness (QED) is 0.456. The average molecular weight is 323 g/mol. The summed E-state index contributed by atoms with van der Waals surface area (Å²) in [5, 5.41) is 0.785. The Morgan fingerprint density at radius 3 is 2.95 bits per heavy atom. The number of amides is 1. The normalized spacial score (nSPS) is 10.8. The number of carbonyl (C=O) groups is 1. The summed E-state index contributed by atoms with van der Waals surface area (Å²) >= 11 is 1.48. The molecule has 0 radical (unpaired) electrons. The molecule has 2 aromatic heterocycles. The van der Waals surface area contributed by atoms with E-state index in [1.54, 1.807) is 11.2 Å². The molecule has 0 saturated carbocycles. The number of H-pyrrole nitrogens is 1. The molecule has 0 atom stereocenters. The number of aromatic nitrogens is 4. The molecule has 7 nitrogen and oxygen atoms in total. The van der Waals surface area contributed by atoms with E-state index in [9.17, 15) is 4.79 Å². The van der Waals surface area contributed by atoms with E-state index in [1.165, 1.54) is 18.1 Å². The first-order valence-electron chi connectivity index (χ1n) is 7.44. The summed E-state index contributed by atoms with van der Waals surface area (Å²) in [7, 11) is 0. The lowest BCUT2D eigenvalue weighted by Gasteiger charge is -2.21. The summed E-state index contributed by atoms with van der Waals surface area (Å²) in [6, 6.07) is 0. The number of ether oxygens (including phenoxy) is 1. The Morgan fingerprint density at radius 1 is 1.32 bits per heavy atom. The second-order valence-electron chi connectivity index (χ2n) is 4.78. The van der Waals surface area contributed by atoms with Crippen molar-refractivity contribution in [1.82, 2.24) is 24.8 Å². The van der Waals surface area contributed by atoms with Crippen LogP contribution < -0.4 is 0 Å². The predicted molar refractivity (Wildman–Crippen MR) is 85.7 cm³/mol. The van der Waals surface area contributed by atoms with Gasteiger partial charge in [-0.3, -0.25) is 4.90 Å². The third-order valence-electron chi connectivity index (χ3n) is 3.01. The Morgan fingerprint density at radius 2 is 2.18 bits per heavy atom. The van der Waals surface area contributed by atoms with Gasteiger partial charge in [0.2, 0.25) is 0 Å². The molecule has 0 spiro atoms. The van der Waals surface area contributed by atoms with E-state index in [0.717, 1.165) is 29.8 Å². The summed E-state index contributed by atoms with van der Waals surface area (Å²) in [5.41, 5.74) is 1.43. The highest BCUT2D eigenvalue weighted by Crippen LogP contribution is 2.23. The highest BCUT2D eigenvalue weighted by molar-refractivity contribution is 7.99. The molecule has 2 aromatic rings. The Bertz CT molecular complexity index is 604. The molecule has 0 fully saturated rings. The predicted octanol–water partition coefficient (Wildman–Crippen LogP) is 3.05. The molecular weight excluding hydrogens is 302 g/mol. The minimum atomic E-state index is -0.266. The van der Waals surface area contributed by atoms with Gasteiger partial charge in [-0.05, 0) is 12.8 Å². The van der Waals surface area contributed by atoms with Crippen LogP contribution in [0, 0.1) is 0 Å². The number of thioether (sulfide) groups is 1. The Hall–Kier alpha value is -1.83. The Labute approximate surface area is 133 Å². The van der Waals surface area contributed by atoms with Crippen LogP contribution >= 0.6 is 11.8 Å². The van der Waals surface area contributed by atoms with E-state index in [0.29, 0.717) is 24.7 Å². The fraction of sp³-hybridized carbons (Fsp3) is 0.571. The van der Waals surface area contributed by atoms with E-state index in [2.05, 4.69) is 26.9 Å². The van der Waals surface area contributed by atoms with Gasteiger partial charge >= 0.3 is 6.09 Å². The van der Waals surface area contributed by atoms with Gasteiger partial charge in [0, 0.05) is 6.54 Å². The van der Waals surface area contributed by atoms with Crippen molar-refractivity contribution >= 4 is 29.0 Å². The van der Waals surface area contributed by atoms with Crippen molar-refractivity contribution in [3.8, 4) is 0 Å². The molecule has 0 aromatic carbocycles. The minimum Gasteiger partial charge on any atom is -0.449 e. The molecule has 0 aliphatic carbocycles. The molecule has 1 amide bonds. The molecule has 2 heterocycles. The fourth-order valence-corrected chi connectivity index (χ4v) is 2.76. The number of nitrogens with one attached hydrogen (secondary N) is 1. The van der Waals surface area contributed by atoms with Crippen molar-refractivity contribution in [2.75, 3.05) is 19.0 Å². The van der Waals surface area contributed by atoms with Crippen LogP contribution in [0.3, 0.4) is 0 Å². The number of unbranched alkanes of at least 4 members (excludes halogenated alkanes) is 1. The second kappa shape index (κ2) is 8.57. The first kappa shape index (κ1) is 16.5. The average Bonchev–Trinajstić information content (AvgIpc) is 3.02. The van der Waals surface area contributed by atoms with Crippen LogP contribution in [0.25, 0.3) is 11.2 Å². The van der Waals surface area contributed by atoms with Crippen molar-refractivity contribution in [2.24, 2.45) is 0 Å². The summed E-state index contributed by atoms with van der Waals surface area (Å²) in [6.07, 6.45) is 5.61. The molecule has 1 N–H and O–H groups in total. The van der Waals surface area contributed by atoms with Crippen molar-refractivity contribution < 1.29 is 9.53 Å². The highest BCUT2D eigenvalue weighted by atomic mass is 32.2. The number of fused-ring (bicyclic) bond motifs is 1. The molecular formula is C14H21N5O2S. The molecule has 0 unspecified atom stereocenters. The maximum absolute atomic E-state index is 12.1. The third-order valence-corrected chi connectivity index (χ3v) is 4.04. The van der Waals surface area contributed by atoms with Crippen molar-refractivity contribution in [3.05, 3.63) is 12.7 Å². The van der Waals surface area contributed by atoms with Crippen molar-refractivity contribution in [1.29, 1.82) is 0 Å². The maximum atomic E-state index is 12.1. The number of hydrogen-bond donors (Lipinski definition) is 1. The van der Waals surface area contributed by atoms with Gasteiger partial charge in [0.15, 0.2) is 5.65 Å². The lowest BCUT2D eigenvalue weighted by molar-refractivity contribution is 0.109. The van der Waals surface area contributed by atoms with Crippen molar-refractivity contribution in [2.45, 2.75) is 38.1 Å². The highest BCUT2D eigenvalue weighted by Gasteiger charge is 2.16. The lowest BCUT2D eigenvalue weighted by atomic mass is 10.3.